The van der Waals surface area contributed by atoms with E-state index in [1.807, 2.05) is 37.3 Å². The number of nitrogens with two attached hydrogens (primary N) is 1. The lowest BCUT2D eigenvalue weighted by molar-refractivity contribution is -0.0926. The fraction of sp³-hybridized carbons (Fsp3) is 0.393. The minimum Gasteiger partial charge on any atom is -0.383 e. The number of nitrogens with zero attached hydrogens (tertiary/aromatic N) is 4. The standard InChI is InChI=1S/C28H34N6O3/c1-3-32(33-11-13-37-14-12-33)18-20-5-4-6-21(15-20)26(35)24-17-30-34(27(24)29)25-16-22(8-7-19(25)2)28(36)31-23-9-10-23/h4-8,15-17,23H,3,9-14,18,29H2,1-2H3,(H,31,36). The number of amides is 1. The van der Waals surface area contributed by atoms with Gasteiger partial charge in [0.05, 0.1) is 30.7 Å². The maximum Gasteiger partial charge on any atom is 0.251 e. The molecule has 3 N–H and O–H groups in total. The molecule has 1 aromatic heterocycles. The number of rotatable bonds is 9. The number of aromatic nitrogens is 2. The Morgan fingerprint density at radius 2 is 1.92 bits per heavy atom. The maximum atomic E-state index is 13.5. The molecule has 194 valence electrons. The number of nitrogens with one attached hydrogen (secondary N) is 1. The van der Waals surface area contributed by atoms with Gasteiger partial charge in [0.15, 0.2) is 5.78 Å². The van der Waals surface area contributed by atoms with Gasteiger partial charge in [-0.05, 0) is 49.1 Å². The monoisotopic (exact) mass is 502 g/mol. The molecule has 37 heavy (non-hydrogen) atoms. The second-order valence-corrected chi connectivity index (χ2v) is 9.68. The molecule has 9 nitrogen and oxygen atoms in total. The molecular weight excluding hydrogens is 468 g/mol. The van der Waals surface area contributed by atoms with Gasteiger partial charge in [0.2, 0.25) is 0 Å². The molecule has 0 spiro atoms. The van der Waals surface area contributed by atoms with E-state index in [0.717, 1.165) is 56.8 Å². The van der Waals surface area contributed by atoms with Crippen LogP contribution in [0.2, 0.25) is 0 Å². The molecule has 3 aromatic rings. The molecule has 0 radical (unpaired) electrons. The summed E-state index contributed by atoms with van der Waals surface area (Å²) >= 11 is 0. The number of benzene rings is 2. The van der Waals surface area contributed by atoms with Crippen molar-refractivity contribution in [1.82, 2.24) is 25.1 Å². The highest BCUT2D eigenvalue weighted by Crippen LogP contribution is 2.25. The van der Waals surface area contributed by atoms with E-state index in [9.17, 15) is 9.59 Å². The van der Waals surface area contributed by atoms with Gasteiger partial charge in [-0.3, -0.25) is 9.59 Å². The smallest absolute Gasteiger partial charge is 0.251 e. The predicted octanol–water partition coefficient (Wildman–Crippen LogP) is 2.96. The first kappa shape index (κ1) is 25.1. The molecule has 5 rings (SSSR count). The summed E-state index contributed by atoms with van der Waals surface area (Å²) in [7, 11) is 0. The molecule has 1 saturated carbocycles. The first-order valence-corrected chi connectivity index (χ1v) is 12.9. The first-order valence-electron chi connectivity index (χ1n) is 12.9. The largest absolute Gasteiger partial charge is 0.383 e. The number of ether oxygens (including phenoxy) is 1. The molecule has 2 aliphatic rings. The van der Waals surface area contributed by atoms with Gasteiger partial charge in [-0.1, -0.05) is 31.2 Å². The van der Waals surface area contributed by atoms with Gasteiger partial charge in [0.1, 0.15) is 5.82 Å². The van der Waals surface area contributed by atoms with Crippen molar-refractivity contribution in [2.24, 2.45) is 0 Å². The highest BCUT2D eigenvalue weighted by atomic mass is 16.5. The second kappa shape index (κ2) is 10.8. The summed E-state index contributed by atoms with van der Waals surface area (Å²) in [4.78, 5) is 26.0. The van der Waals surface area contributed by atoms with E-state index in [0.29, 0.717) is 28.9 Å². The summed E-state index contributed by atoms with van der Waals surface area (Å²) in [6.07, 6.45) is 3.55. The van der Waals surface area contributed by atoms with Crippen LogP contribution in [0.4, 0.5) is 5.82 Å². The van der Waals surface area contributed by atoms with Gasteiger partial charge in [-0.25, -0.2) is 14.7 Å². The van der Waals surface area contributed by atoms with Gasteiger partial charge in [0, 0.05) is 43.3 Å². The third-order valence-corrected chi connectivity index (χ3v) is 6.97. The number of carbonyl (C=O) groups excluding carboxylic acids is 2. The quantitative estimate of drug-likeness (QED) is 0.434. The SMILES string of the molecule is CCN(Cc1cccc(C(=O)c2cnn(-c3cc(C(=O)NC4CC4)ccc3C)c2N)c1)N1CCOCC1. The van der Waals surface area contributed by atoms with Crippen molar-refractivity contribution in [2.75, 3.05) is 38.6 Å². The molecule has 1 aliphatic carbocycles. The Labute approximate surface area is 217 Å². The van der Waals surface area contributed by atoms with Crippen LogP contribution in [0.1, 0.15) is 57.2 Å². The normalized spacial score (nSPS) is 16.2. The molecule has 0 unspecified atom stereocenters. The van der Waals surface area contributed by atoms with Crippen LogP contribution in [0.25, 0.3) is 5.69 Å². The number of hydrazine groups is 1. The number of aryl methyl sites for hydroxylation is 1. The van der Waals surface area contributed by atoms with Crippen molar-refractivity contribution in [1.29, 1.82) is 0 Å². The number of anilines is 1. The average Bonchev–Trinajstić information content (AvgIpc) is 3.66. The molecule has 2 aromatic carbocycles. The van der Waals surface area contributed by atoms with Crippen molar-refractivity contribution in [3.05, 3.63) is 76.5 Å². The Morgan fingerprint density at radius 1 is 1.14 bits per heavy atom. The number of carbonyl (C=O) groups is 2. The van der Waals surface area contributed by atoms with Crippen LogP contribution in [0.3, 0.4) is 0 Å². The molecule has 2 fully saturated rings. The van der Waals surface area contributed by atoms with E-state index >= 15 is 0 Å². The van der Waals surface area contributed by atoms with Gasteiger partial charge in [0.25, 0.3) is 5.91 Å². The van der Waals surface area contributed by atoms with Crippen molar-refractivity contribution in [3.63, 3.8) is 0 Å². The van der Waals surface area contributed by atoms with E-state index in [1.165, 1.54) is 10.9 Å². The Bertz CT molecular complexity index is 1290. The minimum atomic E-state index is -0.180. The molecule has 9 heteroatoms. The van der Waals surface area contributed by atoms with E-state index in [2.05, 4.69) is 27.4 Å². The molecule has 1 amide bonds. The van der Waals surface area contributed by atoms with Gasteiger partial charge < -0.3 is 15.8 Å². The van der Waals surface area contributed by atoms with Crippen LogP contribution in [0, 0.1) is 6.92 Å². The topological polar surface area (TPSA) is 106 Å². The number of hydrogen-bond donors (Lipinski definition) is 2. The van der Waals surface area contributed by atoms with E-state index in [1.54, 1.807) is 12.1 Å². The van der Waals surface area contributed by atoms with Crippen LogP contribution in [-0.4, -0.2) is 70.4 Å². The first-order chi connectivity index (χ1) is 17.9. The highest BCUT2D eigenvalue weighted by molar-refractivity contribution is 6.11. The zero-order chi connectivity index (χ0) is 25.9. The third kappa shape index (κ3) is 5.58. The fourth-order valence-corrected chi connectivity index (χ4v) is 4.63. The van der Waals surface area contributed by atoms with Gasteiger partial charge in [-0.15, -0.1) is 0 Å². The zero-order valence-electron chi connectivity index (χ0n) is 21.4. The van der Waals surface area contributed by atoms with Crippen LogP contribution >= 0.6 is 0 Å². The maximum absolute atomic E-state index is 13.5. The molecule has 1 aliphatic heterocycles. The van der Waals surface area contributed by atoms with Crippen LogP contribution in [0.5, 0.6) is 0 Å². The zero-order valence-corrected chi connectivity index (χ0v) is 21.4. The Hall–Kier alpha value is -3.53. The van der Waals surface area contributed by atoms with Gasteiger partial charge in [-0.2, -0.15) is 5.10 Å². The second-order valence-electron chi connectivity index (χ2n) is 9.68. The van der Waals surface area contributed by atoms with Crippen molar-refractivity contribution in [2.45, 2.75) is 39.3 Å². The van der Waals surface area contributed by atoms with Crippen LogP contribution in [0.15, 0.2) is 48.7 Å². The van der Waals surface area contributed by atoms with Crippen molar-refractivity contribution < 1.29 is 14.3 Å². The third-order valence-electron chi connectivity index (χ3n) is 6.97. The summed E-state index contributed by atoms with van der Waals surface area (Å²) in [6, 6.07) is 13.4. The average molecular weight is 503 g/mol. The molecular formula is C28H34N6O3. The summed E-state index contributed by atoms with van der Waals surface area (Å²) in [5.41, 5.74) is 10.5. The Morgan fingerprint density at radius 3 is 2.65 bits per heavy atom. The summed E-state index contributed by atoms with van der Waals surface area (Å²) in [5, 5.41) is 12.0. The lowest BCUT2D eigenvalue weighted by Crippen LogP contribution is -2.48. The summed E-state index contributed by atoms with van der Waals surface area (Å²) < 4.78 is 7.02. The number of nitrogen functional groups attached to an aromatic ring is 1. The predicted molar refractivity (Wildman–Crippen MR) is 142 cm³/mol. The fourth-order valence-electron chi connectivity index (χ4n) is 4.63. The number of hydrogen-bond acceptors (Lipinski definition) is 7. The van der Waals surface area contributed by atoms with Crippen LogP contribution < -0.4 is 11.1 Å². The van der Waals surface area contributed by atoms with Gasteiger partial charge >= 0.3 is 0 Å². The lowest BCUT2D eigenvalue weighted by Gasteiger charge is -2.36. The molecule has 0 bridgehead atoms. The van der Waals surface area contributed by atoms with Crippen LogP contribution in [-0.2, 0) is 11.3 Å². The lowest BCUT2D eigenvalue weighted by atomic mass is 10.0. The number of ketones is 1. The van der Waals surface area contributed by atoms with Crippen molar-refractivity contribution >= 4 is 17.5 Å². The highest BCUT2D eigenvalue weighted by Gasteiger charge is 2.25. The van der Waals surface area contributed by atoms with E-state index in [-0.39, 0.29) is 23.6 Å². The molecule has 2 heterocycles. The molecule has 0 atom stereocenters. The molecule has 1 saturated heterocycles. The van der Waals surface area contributed by atoms with E-state index in [4.69, 9.17) is 10.5 Å². The summed E-state index contributed by atoms with van der Waals surface area (Å²) in [6.45, 7) is 8.83. The van der Waals surface area contributed by atoms with Crippen molar-refractivity contribution in [3.8, 4) is 5.69 Å². The number of morpholine rings is 1. The van der Waals surface area contributed by atoms with E-state index < -0.39 is 0 Å². The summed E-state index contributed by atoms with van der Waals surface area (Å²) in [5.74, 6) is -0.0390. The Kier molecular flexibility index (Phi) is 7.36. The minimum absolute atomic E-state index is 0.110. The Balaban J connectivity index is 1.36.